The summed E-state index contributed by atoms with van der Waals surface area (Å²) in [6.07, 6.45) is 2.48. The molecule has 3 aromatic rings. The number of carbonyl (C=O) groups excluding carboxylic acids is 3. The minimum atomic E-state index is -1.65. The molecule has 0 aliphatic carbocycles. The molecule has 0 spiro atoms. The molecule has 7 heteroatoms. The number of alkyl halides is 1. The van der Waals surface area contributed by atoms with Gasteiger partial charge >= 0.3 is 0 Å². The number of unbranched alkanes of at least 4 members (excludes halogenated alkanes) is 1. The van der Waals surface area contributed by atoms with Crippen LogP contribution >= 0.6 is 0 Å². The first kappa shape index (κ1) is 24.3. The van der Waals surface area contributed by atoms with Crippen LogP contribution in [0.1, 0.15) is 41.4 Å². The smallest absolute Gasteiger partial charge is 0.254 e. The van der Waals surface area contributed by atoms with Crippen molar-refractivity contribution in [1.82, 2.24) is 15.2 Å². The first-order valence-electron chi connectivity index (χ1n) is 11.8. The van der Waals surface area contributed by atoms with E-state index in [1.807, 2.05) is 60.7 Å². The molecule has 0 bridgehead atoms. The van der Waals surface area contributed by atoms with Crippen molar-refractivity contribution in [3.63, 3.8) is 0 Å². The lowest BCUT2D eigenvalue weighted by Gasteiger charge is -2.15. The largest absolute Gasteiger partial charge is 0.354 e. The first-order chi connectivity index (χ1) is 17.1. The number of pyridine rings is 1. The first-order valence-corrected chi connectivity index (χ1v) is 11.8. The molecule has 2 aromatic carbocycles. The van der Waals surface area contributed by atoms with Gasteiger partial charge in [-0.3, -0.25) is 24.3 Å². The number of carbonyl (C=O) groups is 3. The van der Waals surface area contributed by atoms with E-state index in [9.17, 15) is 18.8 Å². The Morgan fingerprint density at radius 2 is 1.49 bits per heavy atom. The lowest BCUT2D eigenvalue weighted by Crippen LogP contribution is -2.35. The summed E-state index contributed by atoms with van der Waals surface area (Å²) >= 11 is 0. The van der Waals surface area contributed by atoms with Gasteiger partial charge in [0.05, 0.1) is 11.8 Å². The van der Waals surface area contributed by atoms with Crippen molar-refractivity contribution in [1.29, 1.82) is 0 Å². The fraction of sp³-hybridized carbons (Fsp3) is 0.286. The van der Waals surface area contributed by atoms with E-state index < -0.39 is 23.9 Å². The maximum atomic E-state index is 14.2. The number of nitrogens with one attached hydrogen (secondary N) is 1. The molecule has 1 aromatic heterocycles. The Hall–Kier alpha value is -3.87. The van der Waals surface area contributed by atoms with Crippen LogP contribution in [0.2, 0.25) is 0 Å². The molecule has 3 amide bonds. The third-order valence-electron chi connectivity index (χ3n) is 6.24. The van der Waals surface area contributed by atoms with Crippen LogP contribution in [0.5, 0.6) is 0 Å². The van der Waals surface area contributed by atoms with E-state index in [0.29, 0.717) is 18.4 Å². The highest BCUT2D eigenvalue weighted by Crippen LogP contribution is 2.41. The summed E-state index contributed by atoms with van der Waals surface area (Å²) in [5.41, 5.74) is 2.29. The van der Waals surface area contributed by atoms with Crippen LogP contribution in [0.4, 0.5) is 4.39 Å². The quantitative estimate of drug-likeness (QED) is 0.359. The zero-order valence-electron chi connectivity index (χ0n) is 19.3. The van der Waals surface area contributed by atoms with Crippen LogP contribution in [-0.2, 0) is 20.8 Å². The molecule has 1 saturated heterocycles. The summed E-state index contributed by atoms with van der Waals surface area (Å²) in [5.74, 6) is -2.22. The minimum absolute atomic E-state index is 0.0296. The lowest BCUT2D eigenvalue weighted by atomic mass is 9.83. The van der Waals surface area contributed by atoms with Gasteiger partial charge in [-0.05, 0) is 35.6 Å². The Kier molecular flexibility index (Phi) is 7.98. The highest BCUT2D eigenvalue weighted by molar-refractivity contribution is 6.10. The van der Waals surface area contributed by atoms with E-state index in [4.69, 9.17) is 0 Å². The molecule has 1 aliphatic heterocycles. The van der Waals surface area contributed by atoms with Crippen molar-refractivity contribution >= 4 is 17.7 Å². The van der Waals surface area contributed by atoms with E-state index in [1.54, 1.807) is 18.3 Å². The standard InChI is InChI=1S/C28H28FN3O3/c29-23(18-20-10-9-15-30-19-20)26(33)31-16-7-8-17-32-27(34)24(21-11-3-1-4-12-21)25(28(32)35)22-13-5-2-6-14-22/h1-6,9-15,19,23-25H,7-8,16-18H2,(H,31,33). The molecule has 1 aliphatic rings. The van der Waals surface area contributed by atoms with Gasteiger partial charge in [-0.1, -0.05) is 66.7 Å². The molecule has 3 atom stereocenters. The van der Waals surface area contributed by atoms with E-state index in [2.05, 4.69) is 10.3 Å². The topological polar surface area (TPSA) is 79.4 Å². The van der Waals surface area contributed by atoms with Crippen molar-refractivity contribution in [2.45, 2.75) is 37.3 Å². The summed E-state index contributed by atoms with van der Waals surface area (Å²) in [7, 11) is 0. The van der Waals surface area contributed by atoms with Crippen LogP contribution in [-0.4, -0.2) is 46.9 Å². The van der Waals surface area contributed by atoms with Gasteiger partial charge in [0, 0.05) is 31.9 Å². The number of rotatable bonds is 10. The second kappa shape index (κ2) is 11.5. The number of amides is 3. The number of nitrogens with zero attached hydrogens (tertiary/aromatic N) is 2. The third-order valence-corrected chi connectivity index (χ3v) is 6.24. The van der Waals surface area contributed by atoms with Crippen molar-refractivity contribution in [3.05, 3.63) is 102 Å². The molecule has 2 heterocycles. The number of benzene rings is 2. The summed E-state index contributed by atoms with van der Waals surface area (Å²) in [6.45, 7) is 0.529. The normalized spacial score (nSPS) is 18.5. The van der Waals surface area contributed by atoms with E-state index in [1.165, 1.54) is 11.1 Å². The maximum Gasteiger partial charge on any atom is 0.254 e. The molecule has 3 unspecified atom stereocenters. The fourth-order valence-corrected chi connectivity index (χ4v) is 4.48. The molecule has 1 N–H and O–H groups in total. The number of halogens is 1. The molecular formula is C28H28FN3O3. The Labute approximate surface area is 204 Å². The van der Waals surface area contributed by atoms with Gasteiger partial charge in [0.1, 0.15) is 0 Å². The number of likely N-dealkylation sites (tertiary alicyclic amines) is 1. The molecule has 1 fully saturated rings. The van der Waals surface area contributed by atoms with Crippen LogP contribution in [0, 0.1) is 0 Å². The molecule has 35 heavy (non-hydrogen) atoms. The van der Waals surface area contributed by atoms with Crippen LogP contribution in [0.15, 0.2) is 85.2 Å². The van der Waals surface area contributed by atoms with Crippen molar-refractivity contribution in [2.24, 2.45) is 0 Å². The minimum Gasteiger partial charge on any atom is -0.354 e. The summed E-state index contributed by atoms with van der Waals surface area (Å²) < 4.78 is 14.2. The van der Waals surface area contributed by atoms with E-state index >= 15 is 0 Å². The summed E-state index contributed by atoms with van der Waals surface area (Å²) in [5, 5.41) is 2.60. The van der Waals surface area contributed by atoms with E-state index in [-0.39, 0.29) is 31.3 Å². The van der Waals surface area contributed by atoms with Crippen molar-refractivity contribution < 1.29 is 18.8 Å². The second-order valence-electron chi connectivity index (χ2n) is 8.64. The fourth-order valence-electron chi connectivity index (χ4n) is 4.48. The number of imide groups is 1. The Bertz CT molecular complexity index is 1080. The van der Waals surface area contributed by atoms with Crippen molar-refractivity contribution in [2.75, 3.05) is 13.1 Å². The van der Waals surface area contributed by atoms with Crippen LogP contribution < -0.4 is 5.32 Å². The Balaban J connectivity index is 1.32. The second-order valence-corrected chi connectivity index (χ2v) is 8.64. The van der Waals surface area contributed by atoms with Gasteiger partial charge < -0.3 is 5.32 Å². The van der Waals surface area contributed by atoms with Gasteiger partial charge in [0.15, 0.2) is 6.17 Å². The maximum absolute atomic E-state index is 14.2. The molecule has 0 saturated carbocycles. The van der Waals surface area contributed by atoms with Gasteiger partial charge in [-0.25, -0.2) is 4.39 Å². The molecule has 0 radical (unpaired) electrons. The van der Waals surface area contributed by atoms with Crippen LogP contribution in [0.3, 0.4) is 0 Å². The zero-order valence-corrected chi connectivity index (χ0v) is 19.3. The summed E-state index contributed by atoms with van der Waals surface area (Å²) in [6, 6.07) is 22.2. The van der Waals surface area contributed by atoms with Crippen molar-refractivity contribution in [3.8, 4) is 0 Å². The predicted molar refractivity (Wildman–Crippen MR) is 130 cm³/mol. The zero-order chi connectivity index (χ0) is 24.6. The molecule has 6 nitrogen and oxygen atoms in total. The highest BCUT2D eigenvalue weighted by Gasteiger charge is 2.48. The molecular weight excluding hydrogens is 445 g/mol. The van der Waals surface area contributed by atoms with Crippen LogP contribution in [0.25, 0.3) is 0 Å². The molecule has 180 valence electrons. The Morgan fingerprint density at radius 3 is 2.03 bits per heavy atom. The molecule has 4 rings (SSSR count). The number of aromatic nitrogens is 1. The van der Waals surface area contributed by atoms with E-state index in [0.717, 1.165) is 11.1 Å². The average Bonchev–Trinajstić information content (AvgIpc) is 3.14. The van der Waals surface area contributed by atoms with Gasteiger partial charge in [-0.2, -0.15) is 0 Å². The monoisotopic (exact) mass is 473 g/mol. The average molecular weight is 474 g/mol. The number of hydrogen-bond donors (Lipinski definition) is 1. The highest BCUT2D eigenvalue weighted by atomic mass is 19.1. The van der Waals surface area contributed by atoms with Gasteiger partial charge in [-0.15, -0.1) is 0 Å². The number of hydrogen-bond acceptors (Lipinski definition) is 4. The lowest BCUT2D eigenvalue weighted by molar-refractivity contribution is -0.139. The SMILES string of the molecule is O=C(NCCCCN1C(=O)C(c2ccccc2)C(c2ccccc2)C1=O)C(F)Cc1cccnc1. The summed E-state index contributed by atoms with van der Waals surface area (Å²) in [4.78, 5) is 43.9. The predicted octanol–water partition coefficient (Wildman–Crippen LogP) is 3.80. The Morgan fingerprint density at radius 1 is 0.886 bits per heavy atom. The van der Waals surface area contributed by atoms with Gasteiger partial charge in [0.25, 0.3) is 5.91 Å². The third kappa shape index (κ3) is 5.80. The van der Waals surface area contributed by atoms with Gasteiger partial charge in [0.2, 0.25) is 11.8 Å².